The lowest BCUT2D eigenvalue weighted by Crippen LogP contribution is -2.27. The van der Waals surface area contributed by atoms with E-state index < -0.39 is 5.82 Å². The van der Waals surface area contributed by atoms with Crippen molar-refractivity contribution < 1.29 is 4.39 Å². The number of fused-ring (bicyclic) bond motifs is 1. The van der Waals surface area contributed by atoms with E-state index in [4.69, 9.17) is 5.26 Å². The van der Waals surface area contributed by atoms with Gasteiger partial charge in [0, 0.05) is 13.6 Å². The summed E-state index contributed by atoms with van der Waals surface area (Å²) in [6, 6.07) is 12.0. The Morgan fingerprint density at radius 3 is 2.36 bits per heavy atom. The summed E-state index contributed by atoms with van der Waals surface area (Å²) in [5.41, 5.74) is 3.21. The fraction of sp³-hybridized carbons (Fsp3) is 0.300. The lowest BCUT2D eigenvalue weighted by atomic mass is 9.97. The first-order chi connectivity index (χ1) is 11.7. The van der Waals surface area contributed by atoms with E-state index in [-0.39, 0.29) is 16.7 Å². The summed E-state index contributed by atoms with van der Waals surface area (Å²) in [5.74, 6) is -0.531. The number of rotatable bonds is 2. The molecule has 0 amide bonds. The maximum atomic E-state index is 13.5. The van der Waals surface area contributed by atoms with Gasteiger partial charge in [0.15, 0.2) is 0 Å². The van der Waals surface area contributed by atoms with Gasteiger partial charge >= 0.3 is 5.69 Å². The molecule has 3 aromatic rings. The zero-order valence-electron chi connectivity index (χ0n) is 14.8. The summed E-state index contributed by atoms with van der Waals surface area (Å²) in [6.45, 7) is 6.90. The van der Waals surface area contributed by atoms with Crippen LogP contribution in [0.25, 0.3) is 22.2 Å². The first kappa shape index (κ1) is 17.0. The van der Waals surface area contributed by atoms with Gasteiger partial charge in [-0.25, -0.2) is 9.18 Å². The molecule has 0 bridgehead atoms. The molecule has 128 valence electrons. The molecule has 0 saturated heterocycles. The van der Waals surface area contributed by atoms with Crippen molar-refractivity contribution in [2.75, 3.05) is 0 Å². The van der Waals surface area contributed by atoms with E-state index in [1.165, 1.54) is 12.1 Å². The molecule has 0 atom stereocenters. The zero-order chi connectivity index (χ0) is 18.4. The molecule has 0 aliphatic carbocycles. The van der Waals surface area contributed by atoms with Gasteiger partial charge < -0.3 is 0 Å². The van der Waals surface area contributed by atoms with Crippen LogP contribution in [0.1, 0.15) is 26.3 Å². The molecule has 0 aliphatic rings. The number of imidazole rings is 1. The standard InChI is InChI=1S/C20H20FN3O/c1-20(2,3)12-24-17-8-6-14(10-18(17)23(4)19(24)25)13-5-7-16(21)15(9-13)11-22/h5-10H,12H2,1-4H3. The molecular formula is C20H20FN3O. The second-order valence-corrected chi connectivity index (χ2v) is 7.50. The number of halogens is 1. The molecule has 0 aliphatic heterocycles. The Morgan fingerprint density at radius 1 is 1.08 bits per heavy atom. The molecule has 5 heteroatoms. The van der Waals surface area contributed by atoms with Gasteiger partial charge in [0.1, 0.15) is 11.9 Å². The second kappa shape index (κ2) is 5.89. The van der Waals surface area contributed by atoms with E-state index in [9.17, 15) is 9.18 Å². The van der Waals surface area contributed by atoms with E-state index >= 15 is 0 Å². The summed E-state index contributed by atoms with van der Waals surface area (Å²) < 4.78 is 17.0. The van der Waals surface area contributed by atoms with Crippen LogP contribution in [0.3, 0.4) is 0 Å². The van der Waals surface area contributed by atoms with Crippen molar-refractivity contribution in [3.8, 4) is 17.2 Å². The number of aryl methyl sites for hydroxylation is 1. The van der Waals surface area contributed by atoms with E-state index in [1.807, 2.05) is 24.3 Å². The normalized spacial score (nSPS) is 11.7. The van der Waals surface area contributed by atoms with E-state index in [0.717, 1.165) is 22.2 Å². The first-order valence-electron chi connectivity index (χ1n) is 8.10. The highest BCUT2D eigenvalue weighted by Gasteiger charge is 2.18. The highest BCUT2D eigenvalue weighted by Crippen LogP contribution is 2.27. The fourth-order valence-corrected chi connectivity index (χ4v) is 3.00. The Kier molecular flexibility index (Phi) is 4.00. The number of nitrogens with zero attached hydrogens (tertiary/aromatic N) is 3. The maximum Gasteiger partial charge on any atom is 0.328 e. The predicted octanol–water partition coefficient (Wildman–Crippen LogP) is 4.06. The van der Waals surface area contributed by atoms with Gasteiger partial charge in [-0.05, 0) is 40.8 Å². The highest BCUT2D eigenvalue weighted by atomic mass is 19.1. The molecule has 0 saturated carbocycles. The molecule has 4 nitrogen and oxygen atoms in total. The Hall–Kier alpha value is -2.87. The van der Waals surface area contributed by atoms with Crippen LogP contribution in [0.2, 0.25) is 0 Å². The molecular weight excluding hydrogens is 317 g/mol. The maximum absolute atomic E-state index is 13.5. The van der Waals surface area contributed by atoms with Gasteiger partial charge in [-0.3, -0.25) is 9.13 Å². The quantitative estimate of drug-likeness (QED) is 0.708. The molecule has 0 fully saturated rings. The topological polar surface area (TPSA) is 50.7 Å². The van der Waals surface area contributed by atoms with Gasteiger partial charge in [-0.15, -0.1) is 0 Å². The Balaban J connectivity index is 2.18. The summed E-state index contributed by atoms with van der Waals surface area (Å²) >= 11 is 0. The minimum absolute atomic E-state index is 0.0109. The summed E-state index contributed by atoms with van der Waals surface area (Å²) in [6.07, 6.45) is 0. The Labute approximate surface area is 145 Å². The smallest absolute Gasteiger partial charge is 0.295 e. The molecule has 3 rings (SSSR count). The minimum Gasteiger partial charge on any atom is -0.295 e. The molecule has 1 heterocycles. The molecule has 0 N–H and O–H groups in total. The van der Waals surface area contributed by atoms with Crippen LogP contribution >= 0.6 is 0 Å². The van der Waals surface area contributed by atoms with Crippen LogP contribution in [-0.4, -0.2) is 9.13 Å². The number of benzene rings is 2. The molecule has 25 heavy (non-hydrogen) atoms. The minimum atomic E-state index is -0.531. The summed E-state index contributed by atoms with van der Waals surface area (Å²) in [7, 11) is 1.75. The van der Waals surface area contributed by atoms with E-state index in [0.29, 0.717) is 6.54 Å². The third-order valence-corrected chi connectivity index (χ3v) is 4.20. The van der Waals surface area contributed by atoms with Gasteiger partial charge in [0.2, 0.25) is 0 Å². The monoisotopic (exact) mass is 337 g/mol. The van der Waals surface area contributed by atoms with Crippen molar-refractivity contribution in [1.29, 1.82) is 5.26 Å². The second-order valence-electron chi connectivity index (χ2n) is 7.50. The van der Waals surface area contributed by atoms with Crippen molar-refractivity contribution in [3.63, 3.8) is 0 Å². The highest BCUT2D eigenvalue weighted by molar-refractivity contribution is 5.83. The van der Waals surface area contributed by atoms with Crippen molar-refractivity contribution >= 4 is 11.0 Å². The first-order valence-corrected chi connectivity index (χ1v) is 8.10. The van der Waals surface area contributed by atoms with Crippen molar-refractivity contribution in [3.05, 3.63) is 58.3 Å². The largest absolute Gasteiger partial charge is 0.328 e. The van der Waals surface area contributed by atoms with Gasteiger partial charge in [0.05, 0.1) is 16.6 Å². The molecule has 0 radical (unpaired) electrons. The lowest BCUT2D eigenvalue weighted by molar-refractivity contribution is 0.342. The van der Waals surface area contributed by atoms with Crippen LogP contribution in [0.5, 0.6) is 0 Å². The number of nitriles is 1. The average molecular weight is 337 g/mol. The van der Waals surface area contributed by atoms with Crippen molar-refractivity contribution in [2.24, 2.45) is 12.5 Å². The molecule has 2 aromatic carbocycles. The molecule has 0 unspecified atom stereocenters. The fourth-order valence-electron chi connectivity index (χ4n) is 3.00. The van der Waals surface area contributed by atoms with Gasteiger partial charge in [-0.1, -0.05) is 32.9 Å². The predicted molar refractivity (Wildman–Crippen MR) is 96.7 cm³/mol. The third kappa shape index (κ3) is 3.08. The number of hydrogen-bond acceptors (Lipinski definition) is 2. The summed E-state index contributed by atoms with van der Waals surface area (Å²) in [5, 5.41) is 9.01. The van der Waals surface area contributed by atoms with Crippen LogP contribution in [0, 0.1) is 22.6 Å². The van der Waals surface area contributed by atoms with Gasteiger partial charge in [0.25, 0.3) is 0 Å². The molecule has 1 aromatic heterocycles. The third-order valence-electron chi connectivity index (χ3n) is 4.20. The van der Waals surface area contributed by atoms with Gasteiger partial charge in [-0.2, -0.15) is 5.26 Å². The number of aromatic nitrogens is 2. The van der Waals surface area contributed by atoms with E-state index in [2.05, 4.69) is 20.8 Å². The van der Waals surface area contributed by atoms with Crippen molar-refractivity contribution in [1.82, 2.24) is 9.13 Å². The zero-order valence-corrected chi connectivity index (χ0v) is 14.8. The van der Waals surface area contributed by atoms with Crippen LogP contribution in [-0.2, 0) is 13.6 Å². The summed E-state index contributed by atoms with van der Waals surface area (Å²) in [4.78, 5) is 12.6. The van der Waals surface area contributed by atoms with E-state index in [1.54, 1.807) is 22.2 Å². The van der Waals surface area contributed by atoms with Crippen molar-refractivity contribution in [2.45, 2.75) is 27.3 Å². The van der Waals surface area contributed by atoms with Crippen LogP contribution < -0.4 is 5.69 Å². The Morgan fingerprint density at radius 2 is 1.72 bits per heavy atom. The Bertz CT molecular complexity index is 1060. The number of hydrogen-bond donors (Lipinski definition) is 0. The molecule has 0 spiro atoms. The SMILES string of the molecule is Cn1c(=O)n(CC(C)(C)C)c2ccc(-c3ccc(F)c(C#N)c3)cc21. The van der Waals surface area contributed by atoms with Crippen LogP contribution in [0.15, 0.2) is 41.2 Å². The average Bonchev–Trinajstić information content (AvgIpc) is 2.78. The lowest BCUT2D eigenvalue weighted by Gasteiger charge is -2.18. The van der Waals surface area contributed by atoms with Crippen LogP contribution in [0.4, 0.5) is 4.39 Å².